The van der Waals surface area contributed by atoms with Gasteiger partial charge < -0.3 is 4.90 Å². The van der Waals surface area contributed by atoms with E-state index in [1.807, 2.05) is 13.8 Å². The highest BCUT2D eigenvalue weighted by molar-refractivity contribution is 5.21. The normalized spacial score (nSPS) is 20.6. The second-order valence-electron chi connectivity index (χ2n) is 4.44. The van der Waals surface area contributed by atoms with Crippen LogP contribution in [0.1, 0.15) is 40.0 Å². The van der Waals surface area contributed by atoms with E-state index in [4.69, 9.17) is 0 Å². The highest BCUT2D eigenvalue weighted by Gasteiger charge is 2.17. The van der Waals surface area contributed by atoms with E-state index in [9.17, 15) is 0 Å². The van der Waals surface area contributed by atoms with Crippen molar-refractivity contribution in [2.24, 2.45) is 0 Å². The van der Waals surface area contributed by atoms with E-state index in [2.05, 4.69) is 35.0 Å². The molecule has 2 nitrogen and oxygen atoms in total. The predicted molar refractivity (Wildman–Crippen MR) is 76.1 cm³/mol. The third-order valence-corrected chi connectivity index (χ3v) is 3.25. The molecule has 2 aliphatic rings. The van der Waals surface area contributed by atoms with Crippen LogP contribution < -0.4 is 0 Å². The monoisotopic (exact) mass is 236 g/mol. The van der Waals surface area contributed by atoms with Crippen molar-refractivity contribution in [2.75, 3.05) is 32.7 Å². The number of nitrogens with zero attached hydrogens (tertiary/aromatic N) is 2. The van der Waals surface area contributed by atoms with Crippen molar-refractivity contribution in [3.63, 3.8) is 0 Å². The lowest BCUT2D eigenvalue weighted by molar-refractivity contribution is 0.161. The van der Waals surface area contributed by atoms with Crippen LogP contribution in [0.25, 0.3) is 0 Å². The summed E-state index contributed by atoms with van der Waals surface area (Å²) in [6, 6.07) is 0. The third kappa shape index (κ3) is 4.55. The molecule has 2 heteroatoms. The molecule has 1 saturated heterocycles. The summed E-state index contributed by atoms with van der Waals surface area (Å²) in [6.07, 6.45) is 10.7. The lowest BCUT2D eigenvalue weighted by Crippen LogP contribution is -2.45. The van der Waals surface area contributed by atoms with Crippen LogP contribution in [0.4, 0.5) is 0 Å². The molecular weight excluding hydrogens is 208 g/mol. The Balaban J connectivity index is 0.000000686. The molecule has 0 aromatic heterocycles. The topological polar surface area (TPSA) is 6.48 Å². The van der Waals surface area contributed by atoms with Gasteiger partial charge in [0.25, 0.3) is 0 Å². The zero-order valence-electron chi connectivity index (χ0n) is 11.8. The average Bonchev–Trinajstić information content (AvgIpc) is 2.43. The van der Waals surface area contributed by atoms with Gasteiger partial charge in [0.05, 0.1) is 0 Å². The molecule has 0 bridgehead atoms. The summed E-state index contributed by atoms with van der Waals surface area (Å²) in [5, 5.41) is 0. The maximum absolute atomic E-state index is 2.57. The van der Waals surface area contributed by atoms with E-state index < -0.39 is 0 Å². The summed E-state index contributed by atoms with van der Waals surface area (Å²) >= 11 is 0. The highest BCUT2D eigenvalue weighted by atomic mass is 15.3. The van der Waals surface area contributed by atoms with Crippen LogP contribution in [0.2, 0.25) is 0 Å². The zero-order valence-corrected chi connectivity index (χ0v) is 11.8. The van der Waals surface area contributed by atoms with E-state index >= 15 is 0 Å². The molecule has 0 spiro atoms. The molecule has 1 fully saturated rings. The van der Waals surface area contributed by atoms with E-state index in [1.165, 1.54) is 57.7 Å². The van der Waals surface area contributed by atoms with Crippen LogP contribution in [0, 0.1) is 0 Å². The first-order chi connectivity index (χ1) is 8.40. The Morgan fingerprint density at radius 2 is 1.76 bits per heavy atom. The van der Waals surface area contributed by atoms with Gasteiger partial charge in [0.15, 0.2) is 0 Å². The smallest absolute Gasteiger partial charge is 0.0323 e. The van der Waals surface area contributed by atoms with Crippen molar-refractivity contribution in [2.45, 2.75) is 40.0 Å². The quantitative estimate of drug-likeness (QED) is 0.742. The lowest BCUT2D eigenvalue weighted by atomic mass is 10.1. The van der Waals surface area contributed by atoms with E-state index in [0.29, 0.717) is 0 Å². The van der Waals surface area contributed by atoms with Gasteiger partial charge >= 0.3 is 0 Å². The van der Waals surface area contributed by atoms with Gasteiger partial charge in [0.1, 0.15) is 0 Å². The molecule has 98 valence electrons. The molecule has 1 aliphatic carbocycles. The maximum Gasteiger partial charge on any atom is 0.0323 e. The van der Waals surface area contributed by atoms with Gasteiger partial charge in [-0.15, -0.1) is 0 Å². The fourth-order valence-electron chi connectivity index (χ4n) is 2.38. The molecule has 0 unspecified atom stereocenters. The maximum atomic E-state index is 2.57. The standard InChI is InChI=1S/C13H22N2.C2H6/c1-2-8-14-9-11-15(12-10-14)13-6-4-3-5-7-13;1-2/h4,6-7H,2-3,5,8-12H2,1H3;1-2H3. The molecule has 1 aliphatic heterocycles. The fraction of sp³-hybridized carbons (Fsp3) is 0.733. The Morgan fingerprint density at radius 3 is 2.29 bits per heavy atom. The van der Waals surface area contributed by atoms with Gasteiger partial charge in [-0.25, -0.2) is 0 Å². The van der Waals surface area contributed by atoms with Crippen molar-refractivity contribution in [3.05, 3.63) is 23.9 Å². The first kappa shape index (κ1) is 14.3. The first-order valence-electron chi connectivity index (χ1n) is 7.24. The molecule has 17 heavy (non-hydrogen) atoms. The Hall–Kier alpha value is -0.760. The van der Waals surface area contributed by atoms with Crippen molar-refractivity contribution >= 4 is 0 Å². The predicted octanol–water partition coefficient (Wildman–Crippen LogP) is 3.27. The molecule has 0 amide bonds. The summed E-state index contributed by atoms with van der Waals surface area (Å²) in [5.74, 6) is 0. The minimum Gasteiger partial charge on any atom is -0.369 e. The lowest BCUT2D eigenvalue weighted by Gasteiger charge is -2.37. The molecule has 1 heterocycles. The number of rotatable bonds is 3. The summed E-state index contributed by atoms with van der Waals surface area (Å²) < 4.78 is 0. The molecule has 0 radical (unpaired) electrons. The minimum atomic E-state index is 1.20. The number of piperazine rings is 1. The van der Waals surface area contributed by atoms with E-state index in [-0.39, 0.29) is 0 Å². The van der Waals surface area contributed by atoms with Gasteiger partial charge in [-0.3, -0.25) is 4.90 Å². The largest absolute Gasteiger partial charge is 0.369 e. The highest BCUT2D eigenvalue weighted by Crippen LogP contribution is 2.16. The number of allylic oxidation sites excluding steroid dienone is 3. The molecule has 0 N–H and O–H groups in total. The second kappa shape index (κ2) is 8.35. The molecule has 0 atom stereocenters. The summed E-state index contributed by atoms with van der Waals surface area (Å²) in [7, 11) is 0. The van der Waals surface area contributed by atoms with Gasteiger partial charge in [-0.05, 0) is 31.9 Å². The first-order valence-corrected chi connectivity index (χ1v) is 7.24. The average molecular weight is 236 g/mol. The van der Waals surface area contributed by atoms with Crippen molar-refractivity contribution in [1.29, 1.82) is 0 Å². The Bertz CT molecular complexity index is 248. The van der Waals surface area contributed by atoms with Gasteiger partial charge in [-0.1, -0.05) is 32.9 Å². The second-order valence-corrected chi connectivity index (χ2v) is 4.44. The summed E-state index contributed by atoms with van der Waals surface area (Å²) in [6.45, 7) is 12.4. The van der Waals surface area contributed by atoms with Crippen LogP contribution in [-0.2, 0) is 0 Å². The van der Waals surface area contributed by atoms with Crippen LogP contribution in [0.3, 0.4) is 0 Å². The molecule has 0 aromatic carbocycles. The number of hydrogen-bond acceptors (Lipinski definition) is 2. The minimum absolute atomic E-state index is 1.20. The van der Waals surface area contributed by atoms with Gasteiger partial charge in [0.2, 0.25) is 0 Å². The van der Waals surface area contributed by atoms with E-state index in [0.717, 1.165) is 0 Å². The molecule has 0 saturated carbocycles. The fourth-order valence-corrected chi connectivity index (χ4v) is 2.38. The molecule has 0 aromatic rings. The molecular formula is C15H28N2. The van der Waals surface area contributed by atoms with Gasteiger partial charge in [0, 0.05) is 31.9 Å². The molecule has 2 rings (SSSR count). The van der Waals surface area contributed by atoms with Crippen molar-refractivity contribution in [1.82, 2.24) is 9.80 Å². The number of hydrogen-bond donors (Lipinski definition) is 0. The van der Waals surface area contributed by atoms with Gasteiger partial charge in [-0.2, -0.15) is 0 Å². The SMILES string of the molecule is CC.CCCN1CCN(C2=CCCC=C2)CC1. The Labute approximate surface area is 107 Å². The third-order valence-electron chi connectivity index (χ3n) is 3.25. The Kier molecular flexibility index (Phi) is 7.02. The van der Waals surface area contributed by atoms with Crippen molar-refractivity contribution < 1.29 is 0 Å². The van der Waals surface area contributed by atoms with Crippen LogP contribution in [0.5, 0.6) is 0 Å². The summed E-state index contributed by atoms with van der Waals surface area (Å²) in [4.78, 5) is 5.10. The van der Waals surface area contributed by atoms with E-state index in [1.54, 1.807) is 0 Å². The Morgan fingerprint density at radius 1 is 1.06 bits per heavy atom. The van der Waals surface area contributed by atoms with Crippen LogP contribution in [-0.4, -0.2) is 42.5 Å². The summed E-state index contributed by atoms with van der Waals surface area (Å²) in [5.41, 5.74) is 1.46. The zero-order chi connectivity index (χ0) is 12.5. The van der Waals surface area contributed by atoms with Crippen LogP contribution in [0.15, 0.2) is 23.9 Å². The van der Waals surface area contributed by atoms with Crippen LogP contribution >= 0.6 is 0 Å². The van der Waals surface area contributed by atoms with Crippen molar-refractivity contribution in [3.8, 4) is 0 Å².